The largest absolute Gasteiger partial charge is 0.349 e. The van der Waals surface area contributed by atoms with Crippen molar-refractivity contribution in [1.29, 1.82) is 0 Å². The molecule has 0 radical (unpaired) electrons. The summed E-state index contributed by atoms with van der Waals surface area (Å²) >= 11 is 11.5. The minimum absolute atomic E-state index is 0.0337. The van der Waals surface area contributed by atoms with Gasteiger partial charge in [0.05, 0.1) is 4.92 Å². The lowest BCUT2D eigenvalue weighted by atomic mass is 10.2. The number of nitrogens with zero attached hydrogens (tertiary/aromatic N) is 4. The summed E-state index contributed by atoms with van der Waals surface area (Å²) in [6.45, 7) is 0.436. The quantitative estimate of drug-likeness (QED) is 0.492. The molecule has 0 spiro atoms. The third-order valence-electron chi connectivity index (χ3n) is 2.61. The predicted molar refractivity (Wildman–Crippen MR) is 77.3 cm³/mol. The summed E-state index contributed by atoms with van der Waals surface area (Å²) in [7, 11) is 1.69. The van der Waals surface area contributed by atoms with Crippen LogP contribution in [0, 0.1) is 10.1 Å². The molecule has 1 aromatic heterocycles. The van der Waals surface area contributed by atoms with Crippen LogP contribution in [0.3, 0.4) is 0 Å². The summed E-state index contributed by atoms with van der Waals surface area (Å²) in [5.41, 5.74) is 0.756. The van der Waals surface area contributed by atoms with Crippen molar-refractivity contribution in [3.05, 3.63) is 56.4 Å². The number of aromatic nitrogens is 2. The van der Waals surface area contributed by atoms with E-state index in [0.29, 0.717) is 11.6 Å². The van der Waals surface area contributed by atoms with Crippen LogP contribution in [0.4, 0.5) is 11.5 Å². The highest BCUT2D eigenvalue weighted by molar-refractivity contribution is 6.30. The van der Waals surface area contributed by atoms with Crippen molar-refractivity contribution in [2.45, 2.75) is 6.54 Å². The van der Waals surface area contributed by atoms with Gasteiger partial charge in [-0.25, -0.2) is 4.98 Å². The number of hydrogen-bond donors (Lipinski definition) is 0. The zero-order valence-corrected chi connectivity index (χ0v) is 12.0. The summed E-state index contributed by atoms with van der Waals surface area (Å²) in [5, 5.41) is 11.6. The highest BCUT2D eigenvalue weighted by Crippen LogP contribution is 2.26. The van der Waals surface area contributed by atoms with Gasteiger partial charge in [0.15, 0.2) is 0 Å². The second kappa shape index (κ2) is 6.02. The Morgan fingerprint density at radius 2 is 1.95 bits per heavy atom. The first-order valence-corrected chi connectivity index (χ1v) is 6.35. The number of anilines is 1. The van der Waals surface area contributed by atoms with Crippen LogP contribution in [0.2, 0.25) is 10.3 Å². The Bertz CT molecular complexity index is 634. The van der Waals surface area contributed by atoms with Crippen molar-refractivity contribution in [3.63, 3.8) is 0 Å². The van der Waals surface area contributed by atoms with Crippen LogP contribution in [0.15, 0.2) is 30.5 Å². The van der Waals surface area contributed by atoms with Crippen LogP contribution in [0.25, 0.3) is 0 Å². The molecule has 20 heavy (non-hydrogen) atoms. The second-order valence-electron chi connectivity index (χ2n) is 4.09. The molecule has 6 nitrogen and oxygen atoms in total. The number of hydrogen-bond acceptors (Lipinski definition) is 5. The predicted octanol–water partition coefficient (Wildman–Crippen LogP) is 3.33. The summed E-state index contributed by atoms with van der Waals surface area (Å²) in [6, 6.07) is 7.19. The van der Waals surface area contributed by atoms with E-state index < -0.39 is 4.92 Å². The fourth-order valence-corrected chi connectivity index (χ4v) is 1.95. The van der Waals surface area contributed by atoms with Crippen LogP contribution >= 0.6 is 23.2 Å². The van der Waals surface area contributed by atoms with Gasteiger partial charge in [-0.2, -0.15) is 4.98 Å². The molecule has 2 rings (SSSR count). The first-order chi connectivity index (χ1) is 9.47. The Kier molecular flexibility index (Phi) is 4.36. The zero-order chi connectivity index (χ0) is 14.7. The molecule has 0 fully saturated rings. The smallest absolute Gasteiger partial charge is 0.329 e. The molecule has 0 N–H and O–H groups in total. The van der Waals surface area contributed by atoms with Gasteiger partial charge in [0.1, 0.15) is 6.20 Å². The maximum atomic E-state index is 11.0. The molecular formula is C12H10Cl2N4O2. The van der Waals surface area contributed by atoms with Gasteiger partial charge < -0.3 is 4.90 Å². The number of nitro groups is 1. The minimum Gasteiger partial charge on any atom is -0.349 e. The maximum Gasteiger partial charge on any atom is 0.329 e. The monoisotopic (exact) mass is 312 g/mol. The minimum atomic E-state index is -0.538. The van der Waals surface area contributed by atoms with E-state index in [0.717, 1.165) is 11.8 Å². The van der Waals surface area contributed by atoms with E-state index in [1.54, 1.807) is 24.1 Å². The zero-order valence-electron chi connectivity index (χ0n) is 10.5. The second-order valence-corrected chi connectivity index (χ2v) is 4.86. The molecular weight excluding hydrogens is 303 g/mol. The van der Waals surface area contributed by atoms with Crippen LogP contribution < -0.4 is 4.90 Å². The Morgan fingerprint density at radius 3 is 2.55 bits per heavy atom. The SMILES string of the molecule is CN(Cc1ccc(Cl)cc1)c1nc(Cl)ncc1[N+](=O)[O-]. The number of halogens is 2. The molecule has 0 aliphatic heterocycles. The van der Waals surface area contributed by atoms with E-state index in [9.17, 15) is 10.1 Å². The molecule has 104 valence electrons. The van der Waals surface area contributed by atoms with Crippen molar-refractivity contribution in [3.8, 4) is 0 Å². The van der Waals surface area contributed by atoms with E-state index in [4.69, 9.17) is 23.2 Å². The van der Waals surface area contributed by atoms with Gasteiger partial charge in [0.2, 0.25) is 11.1 Å². The van der Waals surface area contributed by atoms with Crippen LogP contribution in [0.1, 0.15) is 5.56 Å². The van der Waals surface area contributed by atoms with Crippen molar-refractivity contribution in [1.82, 2.24) is 9.97 Å². The molecule has 0 amide bonds. The fraction of sp³-hybridized carbons (Fsp3) is 0.167. The highest BCUT2D eigenvalue weighted by Gasteiger charge is 2.20. The lowest BCUT2D eigenvalue weighted by Gasteiger charge is -2.17. The topological polar surface area (TPSA) is 72.2 Å². The third kappa shape index (κ3) is 3.34. The Hall–Kier alpha value is -1.92. The maximum absolute atomic E-state index is 11.0. The molecule has 0 aliphatic carbocycles. The van der Waals surface area contributed by atoms with Gasteiger partial charge >= 0.3 is 5.69 Å². The van der Waals surface area contributed by atoms with Gasteiger partial charge in [0.25, 0.3) is 0 Å². The Balaban J connectivity index is 2.28. The van der Waals surface area contributed by atoms with Crippen molar-refractivity contribution in [2.75, 3.05) is 11.9 Å². The van der Waals surface area contributed by atoms with Gasteiger partial charge in [-0.1, -0.05) is 23.7 Å². The lowest BCUT2D eigenvalue weighted by molar-refractivity contribution is -0.384. The van der Waals surface area contributed by atoms with Crippen molar-refractivity contribution in [2.24, 2.45) is 0 Å². The van der Waals surface area contributed by atoms with E-state index in [-0.39, 0.29) is 16.8 Å². The molecule has 0 atom stereocenters. The number of rotatable bonds is 4. The number of benzene rings is 1. The van der Waals surface area contributed by atoms with Crippen molar-refractivity contribution < 1.29 is 4.92 Å². The molecule has 0 aliphatic rings. The van der Waals surface area contributed by atoms with Crippen LogP contribution in [-0.2, 0) is 6.54 Å². The standard InChI is InChI=1S/C12H10Cl2N4O2/c1-17(7-8-2-4-9(13)5-3-8)11-10(18(19)20)6-15-12(14)16-11/h2-6H,7H2,1H3. The normalized spacial score (nSPS) is 10.3. The molecule has 0 saturated heterocycles. The summed E-state index contributed by atoms with van der Waals surface area (Å²) in [5.74, 6) is 0.171. The van der Waals surface area contributed by atoms with Crippen molar-refractivity contribution >= 4 is 34.7 Å². The van der Waals surface area contributed by atoms with Gasteiger partial charge in [0, 0.05) is 18.6 Å². The van der Waals surface area contributed by atoms with Gasteiger partial charge in [-0.3, -0.25) is 10.1 Å². The lowest BCUT2D eigenvalue weighted by Crippen LogP contribution is -2.19. The average molecular weight is 313 g/mol. The molecule has 0 saturated carbocycles. The Labute approximate surface area is 125 Å². The van der Waals surface area contributed by atoms with E-state index >= 15 is 0 Å². The van der Waals surface area contributed by atoms with E-state index in [1.807, 2.05) is 12.1 Å². The summed E-state index contributed by atoms with van der Waals surface area (Å²) in [6.07, 6.45) is 1.10. The van der Waals surface area contributed by atoms with E-state index in [2.05, 4.69) is 9.97 Å². The first-order valence-electron chi connectivity index (χ1n) is 5.60. The molecule has 8 heteroatoms. The van der Waals surface area contributed by atoms with Crippen LogP contribution in [0.5, 0.6) is 0 Å². The molecule has 2 aromatic rings. The summed E-state index contributed by atoms with van der Waals surface area (Å²) < 4.78 is 0. The highest BCUT2D eigenvalue weighted by atomic mass is 35.5. The molecule has 1 aromatic carbocycles. The third-order valence-corrected chi connectivity index (χ3v) is 3.05. The Morgan fingerprint density at radius 1 is 1.30 bits per heavy atom. The molecule has 0 bridgehead atoms. The van der Waals surface area contributed by atoms with E-state index in [1.165, 1.54) is 0 Å². The molecule has 0 unspecified atom stereocenters. The first kappa shape index (κ1) is 14.5. The van der Waals surface area contributed by atoms with Crippen LogP contribution in [-0.4, -0.2) is 21.9 Å². The average Bonchev–Trinajstić information content (AvgIpc) is 2.41. The van der Waals surface area contributed by atoms with Gasteiger partial charge in [-0.05, 0) is 29.3 Å². The molecule has 1 heterocycles. The van der Waals surface area contributed by atoms with Gasteiger partial charge in [-0.15, -0.1) is 0 Å². The fourth-order valence-electron chi connectivity index (χ4n) is 1.69. The summed E-state index contributed by atoms with van der Waals surface area (Å²) in [4.78, 5) is 19.6.